The highest BCUT2D eigenvalue weighted by molar-refractivity contribution is 9.10. The quantitative estimate of drug-likeness (QED) is 0.927. The number of aromatic hydroxyl groups is 1. The van der Waals surface area contributed by atoms with Gasteiger partial charge in [0.1, 0.15) is 6.04 Å². The van der Waals surface area contributed by atoms with Crippen molar-refractivity contribution in [3.8, 4) is 17.6 Å². The van der Waals surface area contributed by atoms with Crippen molar-refractivity contribution in [2.24, 2.45) is 0 Å². The lowest BCUT2D eigenvalue weighted by Crippen LogP contribution is -2.33. The van der Waals surface area contributed by atoms with E-state index in [1.54, 1.807) is 12.1 Å². The van der Waals surface area contributed by atoms with E-state index in [0.717, 1.165) is 31.5 Å². The minimum atomic E-state index is -0.286. The molecule has 4 nitrogen and oxygen atoms in total. The lowest BCUT2D eigenvalue weighted by atomic mass is 10.0. The number of hydrogen-bond acceptors (Lipinski definition) is 4. The molecular formula is C14H17BrN2O2. The number of nitrogens with zero attached hydrogens (tertiary/aromatic N) is 2. The molecule has 0 amide bonds. The second kappa shape index (κ2) is 6.27. The average molecular weight is 325 g/mol. The van der Waals surface area contributed by atoms with Crippen LogP contribution in [0.1, 0.15) is 30.9 Å². The smallest absolute Gasteiger partial charge is 0.172 e. The molecule has 0 spiro atoms. The Morgan fingerprint density at radius 3 is 2.63 bits per heavy atom. The molecule has 1 saturated heterocycles. The third-order valence-electron chi connectivity index (χ3n) is 3.46. The van der Waals surface area contributed by atoms with Gasteiger partial charge < -0.3 is 9.84 Å². The van der Waals surface area contributed by atoms with Crippen molar-refractivity contribution in [3.63, 3.8) is 0 Å². The first-order chi connectivity index (χ1) is 9.17. The van der Waals surface area contributed by atoms with Gasteiger partial charge in [0.25, 0.3) is 0 Å². The second-order valence-electron chi connectivity index (χ2n) is 4.68. The molecule has 1 fully saturated rings. The summed E-state index contributed by atoms with van der Waals surface area (Å²) in [5, 5.41) is 19.3. The number of likely N-dealkylation sites (tertiary alicyclic amines) is 1. The van der Waals surface area contributed by atoms with E-state index < -0.39 is 0 Å². The molecule has 102 valence electrons. The summed E-state index contributed by atoms with van der Waals surface area (Å²) >= 11 is 3.30. The van der Waals surface area contributed by atoms with Gasteiger partial charge in [-0.1, -0.05) is 6.42 Å². The summed E-state index contributed by atoms with van der Waals surface area (Å²) in [5.41, 5.74) is 0.853. The van der Waals surface area contributed by atoms with Gasteiger partial charge in [-0.05, 0) is 59.6 Å². The standard InChI is InChI=1S/C14H17BrN2O2/c1-19-13-8-10(7-11(15)14(13)18)12(9-16)17-5-3-2-4-6-17/h7-8,12,18H,2-6H2,1H3. The van der Waals surface area contributed by atoms with Gasteiger partial charge in [-0.2, -0.15) is 5.26 Å². The third-order valence-corrected chi connectivity index (χ3v) is 4.07. The zero-order chi connectivity index (χ0) is 13.8. The molecule has 1 aromatic carbocycles. The van der Waals surface area contributed by atoms with E-state index in [-0.39, 0.29) is 11.8 Å². The molecule has 1 atom stereocenters. The van der Waals surface area contributed by atoms with Crippen LogP contribution in [0.15, 0.2) is 16.6 Å². The zero-order valence-electron chi connectivity index (χ0n) is 10.9. The van der Waals surface area contributed by atoms with E-state index in [4.69, 9.17) is 4.74 Å². The number of piperidine rings is 1. The molecule has 1 aliphatic rings. The maximum absolute atomic E-state index is 9.82. The number of benzene rings is 1. The summed E-state index contributed by atoms with van der Waals surface area (Å²) in [6, 6.07) is 5.60. The minimum absolute atomic E-state index is 0.0709. The Morgan fingerprint density at radius 2 is 2.05 bits per heavy atom. The number of phenols is 1. The van der Waals surface area contributed by atoms with Crippen LogP contribution in [0.5, 0.6) is 11.5 Å². The molecule has 1 aromatic rings. The van der Waals surface area contributed by atoms with Gasteiger partial charge in [-0.15, -0.1) is 0 Å². The molecule has 0 radical (unpaired) electrons. The maximum atomic E-state index is 9.82. The number of phenolic OH excluding ortho intramolecular Hbond substituents is 1. The van der Waals surface area contributed by atoms with Gasteiger partial charge in [0.15, 0.2) is 11.5 Å². The highest BCUT2D eigenvalue weighted by atomic mass is 79.9. The average Bonchev–Trinajstić information content (AvgIpc) is 2.44. The fourth-order valence-electron chi connectivity index (χ4n) is 2.45. The van der Waals surface area contributed by atoms with Crippen LogP contribution < -0.4 is 4.74 Å². The fraction of sp³-hybridized carbons (Fsp3) is 0.500. The predicted molar refractivity (Wildman–Crippen MR) is 76.1 cm³/mol. The molecule has 19 heavy (non-hydrogen) atoms. The van der Waals surface area contributed by atoms with Crippen molar-refractivity contribution in [1.29, 1.82) is 5.26 Å². The normalized spacial score (nSPS) is 17.7. The number of rotatable bonds is 3. The molecular weight excluding hydrogens is 308 g/mol. The molecule has 0 aliphatic carbocycles. The number of halogens is 1. The van der Waals surface area contributed by atoms with Gasteiger partial charge in [-0.3, -0.25) is 4.90 Å². The van der Waals surface area contributed by atoms with Crippen LogP contribution in [0.3, 0.4) is 0 Å². The molecule has 1 N–H and O–H groups in total. The Morgan fingerprint density at radius 1 is 1.37 bits per heavy atom. The van der Waals surface area contributed by atoms with Crippen molar-refractivity contribution in [2.45, 2.75) is 25.3 Å². The molecule has 1 heterocycles. The summed E-state index contributed by atoms with van der Waals surface area (Å²) in [7, 11) is 1.51. The van der Waals surface area contributed by atoms with Crippen molar-refractivity contribution in [1.82, 2.24) is 4.90 Å². The molecule has 5 heteroatoms. The maximum Gasteiger partial charge on any atom is 0.172 e. The van der Waals surface area contributed by atoms with E-state index in [9.17, 15) is 10.4 Å². The summed E-state index contributed by atoms with van der Waals surface area (Å²) < 4.78 is 5.70. The third kappa shape index (κ3) is 3.02. The molecule has 0 aromatic heterocycles. The summed E-state index contributed by atoms with van der Waals surface area (Å²) in [6.45, 7) is 1.89. The van der Waals surface area contributed by atoms with E-state index in [1.165, 1.54) is 13.5 Å². The van der Waals surface area contributed by atoms with Crippen LogP contribution in [0.2, 0.25) is 0 Å². The van der Waals surface area contributed by atoms with Crippen LogP contribution in [0, 0.1) is 11.3 Å². The highest BCUT2D eigenvalue weighted by Gasteiger charge is 2.23. The van der Waals surface area contributed by atoms with Crippen molar-refractivity contribution >= 4 is 15.9 Å². The van der Waals surface area contributed by atoms with Crippen LogP contribution in [0.4, 0.5) is 0 Å². The van der Waals surface area contributed by atoms with Gasteiger partial charge >= 0.3 is 0 Å². The van der Waals surface area contributed by atoms with E-state index >= 15 is 0 Å². The largest absolute Gasteiger partial charge is 0.503 e. The van der Waals surface area contributed by atoms with Gasteiger partial charge in [0.2, 0.25) is 0 Å². The van der Waals surface area contributed by atoms with Crippen LogP contribution in [-0.4, -0.2) is 30.2 Å². The van der Waals surface area contributed by atoms with Crippen molar-refractivity contribution in [2.75, 3.05) is 20.2 Å². The first-order valence-electron chi connectivity index (χ1n) is 6.37. The lowest BCUT2D eigenvalue weighted by Gasteiger charge is -2.31. The summed E-state index contributed by atoms with van der Waals surface area (Å²) in [6.07, 6.45) is 3.50. The van der Waals surface area contributed by atoms with Crippen LogP contribution >= 0.6 is 15.9 Å². The zero-order valence-corrected chi connectivity index (χ0v) is 12.5. The van der Waals surface area contributed by atoms with E-state index in [1.807, 2.05) is 0 Å². The Hall–Kier alpha value is -1.25. The van der Waals surface area contributed by atoms with Gasteiger partial charge in [0, 0.05) is 0 Å². The number of hydrogen-bond donors (Lipinski definition) is 1. The predicted octanol–water partition coefficient (Wildman–Crippen LogP) is 3.21. The van der Waals surface area contributed by atoms with Crippen LogP contribution in [0.25, 0.3) is 0 Å². The van der Waals surface area contributed by atoms with Crippen molar-refractivity contribution in [3.05, 3.63) is 22.2 Å². The Kier molecular flexibility index (Phi) is 4.67. The number of nitriles is 1. The monoisotopic (exact) mass is 324 g/mol. The van der Waals surface area contributed by atoms with Crippen molar-refractivity contribution < 1.29 is 9.84 Å². The minimum Gasteiger partial charge on any atom is -0.503 e. The SMILES string of the molecule is COc1cc(C(C#N)N2CCCCC2)cc(Br)c1O. The Bertz CT molecular complexity index is 493. The number of ether oxygens (including phenoxy) is 1. The molecule has 1 unspecified atom stereocenters. The summed E-state index contributed by atoms with van der Waals surface area (Å²) in [5.74, 6) is 0.461. The topological polar surface area (TPSA) is 56.5 Å². The Labute approximate surface area is 121 Å². The first kappa shape index (κ1) is 14.2. The summed E-state index contributed by atoms with van der Waals surface area (Å²) in [4.78, 5) is 2.18. The molecule has 0 saturated carbocycles. The molecule has 1 aliphatic heterocycles. The highest BCUT2D eigenvalue weighted by Crippen LogP contribution is 2.38. The van der Waals surface area contributed by atoms with Gasteiger partial charge in [0.05, 0.1) is 17.7 Å². The number of methoxy groups -OCH3 is 1. The molecule has 0 bridgehead atoms. The molecule has 2 rings (SSSR count). The van der Waals surface area contributed by atoms with E-state index in [2.05, 4.69) is 26.9 Å². The van der Waals surface area contributed by atoms with Gasteiger partial charge in [-0.25, -0.2) is 0 Å². The fourth-order valence-corrected chi connectivity index (χ4v) is 2.91. The lowest BCUT2D eigenvalue weighted by molar-refractivity contribution is 0.195. The van der Waals surface area contributed by atoms with E-state index in [0.29, 0.717) is 10.2 Å². The first-order valence-corrected chi connectivity index (χ1v) is 7.16. The Balaban J connectivity index is 2.33. The van der Waals surface area contributed by atoms with Crippen LogP contribution in [-0.2, 0) is 0 Å². The second-order valence-corrected chi connectivity index (χ2v) is 5.54.